The molecule has 7 heteroatoms. The van der Waals surface area contributed by atoms with E-state index in [4.69, 9.17) is 0 Å². The fourth-order valence-electron chi connectivity index (χ4n) is 3.21. The maximum absolute atomic E-state index is 12.0. The van der Waals surface area contributed by atoms with Crippen molar-refractivity contribution in [3.63, 3.8) is 0 Å². The van der Waals surface area contributed by atoms with Crippen molar-refractivity contribution in [1.29, 1.82) is 0 Å². The first-order valence-corrected chi connectivity index (χ1v) is 8.99. The largest absolute Gasteiger partial charge is 0.356 e. The first kappa shape index (κ1) is 17.5. The highest BCUT2D eigenvalue weighted by Crippen LogP contribution is 2.14. The maximum atomic E-state index is 12.0. The molecule has 2 heterocycles. The van der Waals surface area contributed by atoms with Gasteiger partial charge in [0.05, 0.1) is 6.54 Å². The Morgan fingerprint density at radius 2 is 2.16 bits per heavy atom. The van der Waals surface area contributed by atoms with Crippen LogP contribution < -0.4 is 5.32 Å². The van der Waals surface area contributed by atoms with E-state index >= 15 is 0 Å². The van der Waals surface area contributed by atoms with Gasteiger partial charge >= 0.3 is 0 Å². The third-order valence-electron chi connectivity index (χ3n) is 4.56. The first-order valence-electron chi connectivity index (χ1n) is 8.99. The predicted molar refractivity (Wildman–Crippen MR) is 95.7 cm³/mol. The minimum absolute atomic E-state index is 0.108. The lowest BCUT2D eigenvalue weighted by Crippen LogP contribution is -2.39. The molecular formula is C18H26N6O. The molecule has 25 heavy (non-hydrogen) atoms. The normalized spacial score (nSPS) is 18.2. The summed E-state index contributed by atoms with van der Waals surface area (Å²) in [7, 11) is 2.14. The van der Waals surface area contributed by atoms with E-state index in [1.165, 1.54) is 19.4 Å². The quantitative estimate of drug-likeness (QED) is 0.827. The van der Waals surface area contributed by atoms with Gasteiger partial charge in [-0.2, -0.15) is 4.80 Å². The Hall–Kier alpha value is -2.28. The van der Waals surface area contributed by atoms with Crippen LogP contribution in [-0.4, -0.2) is 57.7 Å². The number of benzene rings is 1. The van der Waals surface area contributed by atoms with Crippen LogP contribution in [-0.2, 0) is 11.3 Å². The number of nitrogens with zero attached hydrogens (tertiary/aromatic N) is 5. The molecule has 0 spiro atoms. The van der Waals surface area contributed by atoms with Crippen molar-refractivity contribution in [3.05, 3.63) is 30.3 Å². The molecule has 1 fully saturated rings. The van der Waals surface area contributed by atoms with Crippen molar-refractivity contribution in [2.45, 2.75) is 32.2 Å². The van der Waals surface area contributed by atoms with Crippen LogP contribution in [0, 0.1) is 5.92 Å². The van der Waals surface area contributed by atoms with Crippen LogP contribution in [0.1, 0.15) is 25.7 Å². The van der Waals surface area contributed by atoms with Gasteiger partial charge in [0.1, 0.15) is 0 Å². The second kappa shape index (κ2) is 8.71. The molecule has 1 aromatic heterocycles. The Balaban J connectivity index is 1.36. The lowest BCUT2D eigenvalue weighted by molar-refractivity contribution is -0.121. The number of aryl methyl sites for hydroxylation is 1. The van der Waals surface area contributed by atoms with Crippen LogP contribution in [0.3, 0.4) is 0 Å². The summed E-state index contributed by atoms with van der Waals surface area (Å²) in [5.74, 6) is 1.30. The van der Waals surface area contributed by atoms with Crippen LogP contribution in [0.5, 0.6) is 0 Å². The molecule has 1 aromatic carbocycles. The van der Waals surface area contributed by atoms with Gasteiger partial charge in [-0.1, -0.05) is 30.3 Å². The van der Waals surface area contributed by atoms with Gasteiger partial charge in [0.25, 0.3) is 0 Å². The van der Waals surface area contributed by atoms with Crippen molar-refractivity contribution >= 4 is 5.91 Å². The Labute approximate surface area is 148 Å². The Morgan fingerprint density at radius 1 is 1.32 bits per heavy atom. The van der Waals surface area contributed by atoms with Gasteiger partial charge in [0.15, 0.2) is 0 Å². The highest BCUT2D eigenvalue weighted by atomic mass is 16.1. The number of tetrazole rings is 1. The van der Waals surface area contributed by atoms with Gasteiger partial charge in [-0.05, 0) is 44.0 Å². The summed E-state index contributed by atoms with van der Waals surface area (Å²) in [4.78, 5) is 15.9. The lowest BCUT2D eigenvalue weighted by atomic mass is 9.98. The van der Waals surface area contributed by atoms with Gasteiger partial charge in [0.2, 0.25) is 11.7 Å². The number of piperidine rings is 1. The number of likely N-dealkylation sites (tertiary alicyclic amines) is 1. The molecule has 3 rings (SSSR count). The van der Waals surface area contributed by atoms with Crippen molar-refractivity contribution < 1.29 is 4.79 Å². The zero-order valence-corrected chi connectivity index (χ0v) is 14.8. The molecule has 1 N–H and O–H groups in total. The van der Waals surface area contributed by atoms with Gasteiger partial charge in [-0.15, -0.1) is 10.2 Å². The van der Waals surface area contributed by atoms with Crippen LogP contribution in [0.25, 0.3) is 11.4 Å². The number of hydrogen-bond donors (Lipinski definition) is 1. The summed E-state index contributed by atoms with van der Waals surface area (Å²) in [5, 5.41) is 15.5. The third kappa shape index (κ3) is 5.35. The van der Waals surface area contributed by atoms with Crippen molar-refractivity contribution in [2.75, 3.05) is 26.7 Å². The Morgan fingerprint density at radius 3 is 2.96 bits per heavy atom. The summed E-state index contributed by atoms with van der Waals surface area (Å²) >= 11 is 0. The lowest BCUT2D eigenvalue weighted by Gasteiger charge is -2.29. The van der Waals surface area contributed by atoms with Gasteiger partial charge in [-0.25, -0.2) is 0 Å². The van der Waals surface area contributed by atoms with E-state index in [2.05, 4.69) is 32.7 Å². The second-order valence-electron chi connectivity index (χ2n) is 6.75. The predicted octanol–water partition coefficient (Wildman–Crippen LogP) is 1.58. The van der Waals surface area contributed by atoms with Crippen LogP contribution in [0.15, 0.2) is 30.3 Å². The van der Waals surface area contributed by atoms with Gasteiger partial charge < -0.3 is 10.2 Å². The summed E-state index contributed by atoms with van der Waals surface area (Å²) in [6, 6.07) is 9.77. The molecule has 2 aromatic rings. The van der Waals surface area contributed by atoms with Crippen LogP contribution in [0.2, 0.25) is 0 Å². The second-order valence-corrected chi connectivity index (χ2v) is 6.75. The van der Waals surface area contributed by atoms with Crippen molar-refractivity contribution in [3.8, 4) is 11.4 Å². The molecule has 0 aliphatic carbocycles. The minimum Gasteiger partial charge on any atom is -0.356 e. The molecule has 1 atom stereocenters. The van der Waals surface area contributed by atoms with Gasteiger partial charge in [0, 0.05) is 25.1 Å². The highest BCUT2D eigenvalue weighted by molar-refractivity contribution is 5.75. The van der Waals surface area contributed by atoms with E-state index in [1.54, 1.807) is 4.80 Å². The molecule has 1 aliphatic heterocycles. The minimum atomic E-state index is 0.108. The van der Waals surface area contributed by atoms with Crippen LogP contribution in [0.4, 0.5) is 0 Å². The number of rotatable bonds is 7. The molecule has 1 aliphatic rings. The van der Waals surface area contributed by atoms with E-state index < -0.39 is 0 Å². The SMILES string of the molecule is CN1CCC[C@H](CNC(=O)CCCn2nnc(-c3ccccc3)n2)C1. The van der Waals surface area contributed by atoms with E-state index in [9.17, 15) is 4.79 Å². The fraction of sp³-hybridized carbons (Fsp3) is 0.556. The van der Waals surface area contributed by atoms with E-state index in [0.29, 0.717) is 31.1 Å². The monoisotopic (exact) mass is 342 g/mol. The van der Waals surface area contributed by atoms with Crippen molar-refractivity contribution in [1.82, 2.24) is 30.4 Å². The molecule has 1 saturated heterocycles. The number of carbonyl (C=O) groups is 1. The molecule has 0 saturated carbocycles. The van der Waals surface area contributed by atoms with Gasteiger partial charge in [-0.3, -0.25) is 4.79 Å². The van der Waals surface area contributed by atoms with Crippen molar-refractivity contribution in [2.24, 2.45) is 5.92 Å². The number of nitrogens with one attached hydrogen (secondary N) is 1. The number of amides is 1. The molecule has 0 bridgehead atoms. The fourth-order valence-corrected chi connectivity index (χ4v) is 3.21. The number of carbonyl (C=O) groups excluding carboxylic acids is 1. The van der Waals surface area contributed by atoms with E-state index in [0.717, 1.165) is 18.7 Å². The van der Waals surface area contributed by atoms with Crippen LogP contribution >= 0.6 is 0 Å². The molecular weight excluding hydrogens is 316 g/mol. The highest BCUT2D eigenvalue weighted by Gasteiger charge is 2.17. The topological polar surface area (TPSA) is 75.9 Å². The summed E-state index contributed by atoms with van der Waals surface area (Å²) in [5.41, 5.74) is 0.948. The number of aromatic nitrogens is 4. The molecule has 7 nitrogen and oxygen atoms in total. The smallest absolute Gasteiger partial charge is 0.220 e. The Kier molecular flexibility index (Phi) is 6.11. The average molecular weight is 342 g/mol. The zero-order chi connectivity index (χ0) is 17.5. The Bertz CT molecular complexity index is 671. The molecule has 0 unspecified atom stereocenters. The molecule has 1 amide bonds. The number of hydrogen-bond acceptors (Lipinski definition) is 5. The van der Waals surface area contributed by atoms with E-state index in [1.807, 2.05) is 30.3 Å². The first-order chi connectivity index (χ1) is 12.2. The summed E-state index contributed by atoms with van der Waals surface area (Å²) < 4.78 is 0. The third-order valence-corrected chi connectivity index (χ3v) is 4.56. The zero-order valence-electron chi connectivity index (χ0n) is 14.8. The average Bonchev–Trinajstić information content (AvgIpc) is 3.10. The maximum Gasteiger partial charge on any atom is 0.220 e. The summed E-state index contributed by atoms with van der Waals surface area (Å²) in [6.07, 6.45) is 3.63. The molecule has 0 radical (unpaired) electrons. The molecule has 134 valence electrons. The standard InChI is InChI=1S/C18H26N6O/c1-23-11-5-7-15(14-23)13-19-17(25)10-6-12-24-21-18(20-22-24)16-8-3-2-4-9-16/h2-4,8-9,15H,5-7,10-14H2,1H3,(H,19,25)/t15-/m1/s1. The van der Waals surface area contributed by atoms with E-state index in [-0.39, 0.29) is 5.91 Å². The summed E-state index contributed by atoms with van der Waals surface area (Å²) in [6.45, 7) is 3.62.